The summed E-state index contributed by atoms with van der Waals surface area (Å²) in [5, 5.41) is 0. The molecule has 1 rings (SSSR count). The molecule has 1 aliphatic carbocycles. The lowest BCUT2D eigenvalue weighted by Gasteiger charge is -2.18. The summed E-state index contributed by atoms with van der Waals surface area (Å²) in [7, 11) is 0. The van der Waals surface area contributed by atoms with Crippen LogP contribution in [0.15, 0.2) is 0 Å². The van der Waals surface area contributed by atoms with Crippen molar-refractivity contribution >= 4 is 0 Å². The summed E-state index contributed by atoms with van der Waals surface area (Å²) in [6.07, 6.45) is 7.54. The number of rotatable bonds is 1. The Bertz CT molecular complexity index is 175. The number of hydrogen-bond donors (Lipinski definition) is 1. The molecule has 1 heteroatoms. The second-order valence-electron chi connectivity index (χ2n) is 3.69. The van der Waals surface area contributed by atoms with E-state index in [4.69, 9.17) is 5.73 Å². The van der Waals surface area contributed by atoms with Gasteiger partial charge in [-0.05, 0) is 25.7 Å². The Morgan fingerprint density at radius 3 is 2.75 bits per heavy atom. The van der Waals surface area contributed by atoms with Gasteiger partial charge in [0, 0.05) is 12.5 Å². The molecule has 2 unspecified atom stereocenters. The fourth-order valence-corrected chi connectivity index (χ4v) is 1.90. The van der Waals surface area contributed by atoms with Crippen LogP contribution in [0.25, 0.3) is 0 Å². The van der Waals surface area contributed by atoms with Crippen molar-refractivity contribution in [2.24, 2.45) is 11.7 Å². The molecule has 0 heterocycles. The number of nitrogens with two attached hydrogens (primary N) is 1. The normalized spacial score (nSPS) is 30.2. The van der Waals surface area contributed by atoms with E-state index in [0.717, 1.165) is 6.42 Å². The first-order valence-corrected chi connectivity index (χ1v) is 4.99. The summed E-state index contributed by atoms with van der Waals surface area (Å²) in [6.45, 7) is 1.90. The first-order valence-electron chi connectivity index (χ1n) is 4.99. The third kappa shape index (κ3) is 2.87. The van der Waals surface area contributed by atoms with Gasteiger partial charge in [0.2, 0.25) is 0 Å². The molecule has 0 spiro atoms. The predicted octanol–water partition coefficient (Wildman–Crippen LogP) is 2.31. The van der Waals surface area contributed by atoms with Crippen LogP contribution < -0.4 is 5.73 Å². The molecule has 1 aliphatic rings. The smallest absolute Gasteiger partial charge is 0.0132 e. The van der Waals surface area contributed by atoms with Gasteiger partial charge in [-0.15, -0.1) is 11.8 Å². The summed E-state index contributed by atoms with van der Waals surface area (Å²) in [4.78, 5) is 0. The highest BCUT2D eigenvalue weighted by Crippen LogP contribution is 2.24. The summed E-state index contributed by atoms with van der Waals surface area (Å²) in [5.74, 6) is 6.76. The minimum absolute atomic E-state index is 0.411. The van der Waals surface area contributed by atoms with Crippen LogP contribution in [0.1, 0.15) is 45.4 Å². The van der Waals surface area contributed by atoms with Crippen LogP contribution in [-0.4, -0.2) is 6.04 Å². The van der Waals surface area contributed by atoms with Crippen LogP contribution in [0.2, 0.25) is 0 Å². The Balaban J connectivity index is 2.39. The van der Waals surface area contributed by atoms with E-state index in [9.17, 15) is 0 Å². The topological polar surface area (TPSA) is 26.0 Å². The zero-order chi connectivity index (χ0) is 8.81. The predicted molar refractivity (Wildman–Crippen MR) is 52.6 cm³/mol. The van der Waals surface area contributed by atoms with Gasteiger partial charge in [-0.3, -0.25) is 0 Å². The van der Waals surface area contributed by atoms with Crippen LogP contribution in [0.5, 0.6) is 0 Å². The van der Waals surface area contributed by atoms with E-state index in [2.05, 4.69) is 11.8 Å². The third-order valence-corrected chi connectivity index (χ3v) is 2.76. The van der Waals surface area contributed by atoms with E-state index in [1.807, 2.05) is 6.92 Å². The van der Waals surface area contributed by atoms with Crippen LogP contribution in [0, 0.1) is 17.8 Å². The second-order valence-corrected chi connectivity index (χ2v) is 3.69. The van der Waals surface area contributed by atoms with Gasteiger partial charge in [0.05, 0.1) is 0 Å². The molecule has 0 aromatic rings. The molecule has 68 valence electrons. The SMILES string of the molecule is CC#CCC1CCCCCC1N. The van der Waals surface area contributed by atoms with Crippen LogP contribution in [0.3, 0.4) is 0 Å². The van der Waals surface area contributed by atoms with Crippen LogP contribution in [0.4, 0.5) is 0 Å². The Hall–Kier alpha value is -0.480. The Labute approximate surface area is 75.7 Å². The van der Waals surface area contributed by atoms with Gasteiger partial charge in [-0.1, -0.05) is 19.3 Å². The monoisotopic (exact) mass is 165 g/mol. The van der Waals surface area contributed by atoms with Crippen molar-refractivity contribution in [2.45, 2.75) is 51.5 Å². The van der Waals surface area contributed by atoms with Crippen LogP contribution in [-0.2, 0) is 0 Å². The summed E-state index contributed by atoms with van der Waals surface area (Å²) >= 11 is 0. The van der Waals surface area contributed by atoms with Crippen molar-refractivity contribution in [1.82, 2.24) is 0 Å². The molecule has 0 aliphatic heterocycles. The minimum atomic E-state index is 0.411. The lowest BCUT2D eigenvalue weighted by Crippen LogP contribution is -2.28. The molecule has 0 radical (unpaired) electrons. The highest BCUT2D eigenvalue weighted by Gasteiger charge is 2.18. The molecule has 0 aromatic heterocycles. The van der Waals surface area contributed by atoms with Gasteiger partial charge in [0.1, 0.15) is 0 Å². The van der Waals surface area contributed by atoms with Crippen molar-refractivity contribution in [2.75, 3.05) is 0 Å². The van der Waals surface area contributed by atoms with Crippen molar-refractivity contribution in [3.8, 4) is 11.8 Å². The average Bonchev–Trinajstić information content (AvgIpc) is 2.27. The van der Waals surface area contributed by atoms with Gasteiger partial charge in [-0.2, -0.15) is 0 Å². The van der Waals surface area contributed by atoms with E-state index < -0.39 is 0 Å². The average molecular weight is 165 g/mol. The molecule has 1 fully saturated rings. The molecule has 12 heavy (non-hydrogen) atoms. The maximum absolute atomic E-state index is 6.05. The molecule has 0 bridgehead atoms. The van der Waals surface area contributed by atoms with Crippen molar-refractivity contribution in [3.63, 3.8) is 0 Å². The first kappa shape index (κ1) is 9.61. The molecule has 2 atom stereocenters. The number of hydrogen-bond acceptors (Lipinski definition) is 1. The van der Waals surface area contributed by atoms with Crippen LogP contribution >= 0.6 is 0 Å². The van der Waals surface area contributed by atoms with Crippen molar-refractivity contribution < 1.29 is 0 Å². The van der Waals surface area contributed by atoms with Gasteiger partial charge >= 0.3 is 0 Å². The molecule has 1 saturated carbocycles. The summed E-state index contributed by atoms with van der Waals surface area (Å²) < 4.78 is 0. The summed E-state index contributed by atoms with van der Waals surface area (Å²) in [6, 6.07) is 0.411. The lowest BCUT2D eigenvalue weighted by atomic mass is 9.92. The van der Waals surface area contributed by atoms with Crippen molar-refractivity contribution in [1.29, 1.82) is 0 Å². The fourth-order valence-electron chi connectivity index (χ4n) is 1.90. The highest BCUT2D eigenvalue weighted by atomic mass is 14.6. The molecule has 2 N–H and O–H groups in total. The third-order valence-electron chi connectivity index (χ3n) is 2.76. The van der Waals surface area contributed by atoms with Gasteiger partial charge in [0.25, 0.3) is 0 Å². The van der Waals surface area contributed by atoms with E-state index in [-0.39, 0.29) is 0 Å². The lowest BCUT2D eigenvalue weighted by molar-refractivity contribution is 0.406. The zero-order valence-corrected chi connectivity index (χ0v) is 7.97. The second kappa shape index (κ2) is 5.22. The van der Waals surface area contributed by atoms with E-state index >= 15 is 0 Å². The largest absolute Gasteiger partial charge is 0.327 e. The highest BCUT2D eigenvalue weighted by molar-refractivity contribution is 4.98. The standard InChI is InChI=1S/C11H19N/c1-2-3-7-10-8-5-4-6-9-11(10)12/h10-11H,4-9,12H2,1H3. The van der Waals surface area contributed by atoms with E-state index in [1.165, 1.54) is 32.1 Å². The molecule has 0 aromatic carbocycles. The first-order chi connectivity index (χ1) is 5.84. The van der Waals surface area contributed by atoms with Crippen molar-refractivity contribution in [3.05, 3.63) is 0 Å². The van der Waals surface area contributed by atoms with Gasteiger partial charge < -0.3 is 5.73 Å². The molecular weight excluding hydrogens is 146 g/mol. The molecule has 1 nitrogen and oxygen atoms in total. The van der Waals surface area contributed by atoms with Gasteiger partial charge in [-0.25, -0.2) is 0 Å². The zero-order valence-electron chi connectivity index (χ0n) is 7.97. The van der Waals surface area contributed by atoms with Gasteiger partial charge in [0.15, 0.2) is 0 Å². The molecule has 0 amide bonds. The Morgan fingerprint density at radius 2 is 2.00 bits per heavy atom. The quantitative estimate of drug-likeness (QED) is 0.468. The van der Waals surface area contributed by atoms with E-state index in [1.54, 1.807) is 0 Å². The maximum atomic E-state index is 6.05. The fraction of sp³-hybridized carbons (Fsp3) is 0.818. The molecule has 0 saturated heterocycles. The molecular formula is C11H19N. The summed E-state index contributed by atoms with van der Waals surface area (Å²) in [5.41, 5.74) is 6.05. The maximum Gasteiger partial charge on any atom is 0.0132 e. The minimum Gasteiger partial charge on any atom is -0.327 e. The Morgan fingerprint density at radius 1 is 1.25 bits per heavy atom. The van der Waals surface area contributed by atoms with E-state index in [0.29, 0.717) is 12.0 Å². The Kier molecular flexibility index (Phi) is 4.18.